The van der Waals surface area contributed by atoms with Crippen LogP contribution in [-0.2, 0) is 11.3 Å². The molecule has 0 aliphatic rings. The van der Waals surface area contributed by atoms with Crippen LogP contribution in [0.25, 0.3) is 10.9 Å². The van der Waals surface area contributed by atoms with Crippen LogP contribution in [0.4, 0.5) is 0 Å². The van der Waals surface area contributed by atoms with Crippen molar-refractivity contribution in [3.8, 4) is 0 Å². The number of rotatable bonds is 6. The molecule has 1 N–H and O–H groups in total. The molecule has 0 bridgehead atoms. The zero-order valence-electron chi connectivity index (χ0n) is 12.8. The Balaban J connectivity index is 2.33. The molecule has 4 nitrogen and oxygen atoms in total. The second kappa shape index (κ2) is 6.68. The Bertz CT molecular complexity index is 638. The van der Waals surface area contributed by atoms with Crippen LogP contribution in [-0.4, -0.2) is 34.0 Å². The van der Waals surface area contributed by atoms with E-state index in [9.17, 15) is 4.79 Å². The molecule has 0 radical (unpaired) electrons. The molecular weight excluding hydrogens is 264 g/mol. The van der Waals surface area contributed by atoms with E-state index in [0.717, 1.165) is 28.7 Å². The first-order chi connectivity index (χ1) is 9.95. The van der Waals surface area contributed by atoms with Crippen molar-refractivity contribution in [1.82, 2.24) is 9.88 Å². The molecule has 1 aromatic heterocycles. The summed E-state index contributed by atoms with van der Waals surface area (Å²) in [6.07, 6.45) is 0. The molecule has 0 spiro atoms. The zero-order chi connectivity index (χ0) is 15.4. The average Bonchev–Trinajstić information content (AvgIpc) is 2.36. The highest BCUT2D eigenvalue weighted by atomic mass is 16.4. The van der Waals surface area contributed by atoms with Gasteiger partial charge in [0, 0.05) is 24.2 Å². The molecule has 0 unspecified atom stereocenters. The number of aliphatic carboxylic acids is 1. The fraction of sp³-hybridized carbons (Fsp3) is 0.412. The number of carbonyl (C=O) groups is 1. The van der Waals surface area contributed by atoms with Crippen LogP contribution in [0.3, 0.4) is 0 Å². The largest absolute Gasteiger partial charge is 0.480 e. The molecule has 0 aliphatic heterocycles. The summed E-state index contributed by atoms with van der Waals surface area (Å²) in [5.74, 6) is -0.357. The molecule has 0 saturated heterocycles. The number of benzene rings is 1. The number of hydrogen-bond acceptors (Lipinski definition) is 3. The molecule has 0 fully saturated rings. The summed E-state index contributed by atoms with van der Waals surface area (Å²) >= 11 is 0. The van der Waals surface area contributed by atoms with E-state index in [1.165, 1.54) is 0 Å². The van der Waals surface area contributed by atoms with Gasteiger partial charge in [0.15, 0.2) is 0 Å². The third kappa shape index (κ3) is 4.26. The summed E-state index contributed by atoms with van der Waals surface area (Å²) in [7, 11) is 0. The van der Waals surface area contributed by atoms with Crippen LogP contribution < -0.4 is 0 Å². The molecule has 21 heavy (non-hydrogen) atoms. The Hall–Kier alpha value is -1.94. The molecule has 2 rings (SSSR count). The molecule has 1 heterocycles. The van der Waals surface area contributed by atoms with Crippen LogP contribution in [0.1, 0.15) is 25.1 Å². The number of carboxylic acid groups (broad SMARTS) is 1. The predicted octanol–water partition coefficient (Wildman–Crippen LogP) is 3.09. The molecule has 4 heteroatoms. The number of carboxylic acids is 1. The van der Waals surface area contributed by atoms with Crippen LogP contribution in [0.15, 0.2) is 30.3 Å². The molecule has 0 saturated carbocycles. The first-order valence-electron chi connectivity index (χ1n) is 7.25. The van der Waals surface area contributed by atoms with Crippen molar-refractivity contribution in [2.45, 2.75) is 27.3 Å². The lowest BCUT2D eigenvalue weighted by atomic mass is 10.1. The van der Waals surface area contributed by atoms with Gasteiger partial charge in [0.1, 0.15) is 0 Å². The van der Waals surface area contributed by atoms with Crippen molar-refractivity contribution in [1.29, 1.82) is 0 Å². The van der Waals surface area contributed by atoms with Gasteiger partial charge >= 0.3 is 5.97 Å². The highest BCUT2D eigenvalue weighted by Gasteiger charge is 2.14. The lowest BCUT2D eigenvalue weighted by Crippen LogP contribution is -2.32. The van der Waals surface area contributed by atoms with E-state index in [4.69, 9.17) is 5.11 Å². The van der Waals surface area contributed by atoms with Crippen molar-refractivity contribution < 1.29 is 9.90 Å². The quantitative estimate of drug-likeness (QED) is 0.886. The zero-order valence-corrected chi connectivity index (χ0v) is 12.8. The van der Waals surface area contributed by atoms with Crippen molar-refractivity contribution in [2.75, 3.05) is 13.1 Å². The lowest BCUT2D eigenvalue weighted by Gasteiger charge is -2.23. The Morgan fingerprint density at radius 3 is 2.71 bits per heavy atom. The molecule has 0 atom stereocenters. The molecular formula is C17H22N2O2. The van der Waals surface area contributed by atoms with E-state index in [1.54, 1.807) is 0 Å². The van der Waals surface area contributed by atoms with E-state index < -0.39 is 5.97 Å². The van der Waals surface area contributed by atoms with Gasteiger partial charge in [0.2, 0.25) is 0 Å². The summed E-state index contributed by atoms with van der Waals surface area (Å²) in [6.45, 7) is 7.64. The normalized spacial score (nSPS) is 11.5. The molecule has 112 valence electrons. The fourth-order valence-electron chi connectivity index (χ4n) is 2.66. The summed E-state index contributed by atoms with van der Waals surface area (Å²) in [4.78, 5) is 17.6. The van der Waals surface area contributed by atoms with E-state index in [2.05, 4.69) is 24.9 Å². The molecule has 1 aromatic carbocycles. The lowest BCUT2D eigenvalue weighted by molar-refractivity contribution is -0.138. The molecule has 0 amide bonds. The minimum atomic E-state index is -0.786. The summed E-state index contributed by atoms with van der Waals surface area (Å²) < 4.78 is 0. The number of pyridine rings is 1. The van der Waals surface area contributed by atoms with Gasteiger partial charge in [-0.1, -0.05) is 32.0 Å². The van der Waals surface area contributed by atoms with Gasteiger partial charge in [-0.2, -0.15) is 0 Å². The third-order valence-electron chi connectivity index (χ3n) is 3.31. The maximum atomic E-state index is 11.1. The summed E-state index contributed by atoms with van der Waals surface area (Å²) in [5.41, 5.74) is 3.07. The minimum Gasteiger partial charge on any atom is -0.480 e. The number of fused-ring (bicyclic) bond motifs is 1. The maximum Gasteiger partial charge on any atom is 0.317 e. The highest BCUT2D eigenvalue weighted by molar-refractivity contribution is 5.82. The van der Waals surface area contributed by atoms with Gasteiger partial charge in [-0.05, 0) is 30.5 Å². The number of para-hydroxylation sites is 1. The summed E-state index contributed by atoms with van der Waals surface area (Å²) in [5, 5.41) is 10.2. The smallest absolute Gasteiger partial charge is 0.317 e. The Morgan fingerprint density at radius 2 is 2.05 bits per heavy atom. The van der Waals surface area contributed by atoms with Crippen LogP contribution >= 0.6 is 0 Å². The second-order valence-electron chi connectivity index (χ2n) is 5.90. The third-order valence-corrected chi connectivity index (χ3v) is 3.31. The van der Waals surface area contributed by atoms with Crippen molar-refractivity contribution >= 4 is 16.9 Å². The van der Waals surface area contributed by atoms with Crippen molar-refractivity contribution in [3.05, 3.63) is 41.6 Å². The van der Waals surface area contributed by atoms with E-state index in [-0.39, 0.29) is 6.54 Å². The van der Waals surface area contributed by atoms with Gasteiger partial charge in [-0.3, -0.25) is 14.7 Å². The monoisotopic (exact) mass is 286 g/mol. The first kappa shape index (κ1) is 15.4. The van der Waals surface area contributed by atoms with Crippen LogP contribution in [0.5, 0.6) is 0 Å². The number of nitrogens with zero attached hydrogens (tertiary/aromatic N) is 2. The maximum absolute atomic E-state index is 11.1. The second-order valence-corrected chi connectivity index (χ2v) is 5.90. The van der Waals surface area contributed by atoms with Crippen LogP contribution in [0, 0.1) is 12.8 Å². The topological polar surface area (TPSA) is 53.4 Å². The van der Waals surface area contributed by atoms with Gasteiger partial charge in [-0.25, -0.2) is 0 Å². The average molecular weight is 286 g/mol. The van der Waals surface area contributed by atoms with Gasteiger partial charge in [0.25, 0.3) is 0 Å². The van der Waals surface area contributed by atoms with Gasteiger partial charge in [0.05, 0.1) is 12.1 Å². The van der Waals surface area contributed by atoms with E-state index >= 15 is 0 Å². The van der Waals surface area contributed by atoms with Crippen LogP contribution in [0.2, 0.25) is 0 Å². The number of hydrogen-bond donors (Lipinski definition) is 1. The Kier molecular flexibility index (Phi) is 4.91. The van der Waals surface area contributed by atoms with E-state index in [0.29, 0.717) is 12.5 Å². The Labute approximate surface area is 125 Å². The Morgan fingerprint density at radius 1 is 1.33 bits per heavy atom. The predicted molar refractivity (Wildman–Crippen MR) is 84.2 cm³/mol. The highest BCUT2D eigenvalue weighted by Crippen LogP contribution is 2.20. The molecule has 2 aromatic rings. The summed E-state index contributed by atoms with van der Waals surface area (Å²) in [6, 6.07) is 10.1. The number of aryl methyl sites for hydroxylation is 1. The SMILES string of the molecule is Cc1cc(CN(CC(=O)O)CC(C)C)c2ccccc2n1. The van der Waals surface area contributed by atoms with Crippen molar-refractivity contribution in [2.24, 2.45) is 5.92 Å². The molecule has 0 aliphatic carbocycles. The standard InChI is InChI=1S/C17H22N2O2/c1-12(2)9-19(11-17(20)21)10-14-8-13(3)18-16-7-5-4-6-15(14)16/h4-8,12H,9-11H2,1-3H3,(H,20,21). The van der Waals surface area contributed by atoms with Gasteiger partial charge in [-0.15, -0.1) is 0 Å². The first-order valence-corrected chi connectivity index (χ1v) is 7.25. The van der Waals surface area contributed by atoms with E-state index in [1.807, 2.05) is 36.1 Å². The number of aromatic nitrogens is 1. The minimum absolute atomic E-state index is 0.0634. The van der Waals surface area contributed by atoms with Crippen molar-refractivity contribution in [3.63, 3.8) is 0 Å². The fourth-order valence-corrected chi connectivity index (χ4v) is 2.66. The van der Waals surface area contributed by atoms with Gasteiger partial charge < -0.3 is 5.11 Å².